The average Bonchev–Trinajstić information content (AvgIpc) is 2.68. The second-order valence-electron chi connectivity index (χ2n) is 8.06. The lowest BCUT2D eigenvalue weighted by Crippen LogP contribution is -2.43. The van der Waals surface area contributed by atoms with E-state index in [0.717, 1.165) is 0 Å². The topological polar surface area (TPSA) is 0 Å². The predicted molar refractivity (Wildman–Crippen MR) is 123 cm³/mol. The van der Waals surface area contributed by atoms with Gasteiger partial charge in [-0.2, -0.15) is 0 Å². The molecule has 0 spiro atoms. The van der Waals surface area contributed by atoms with Gasteiger partial charge < -0.3 is 0 Å². The summed E-state index contributed by atoms with van der Waals surface area (Å²) in [5.41, 5.74) is 2.83. The van der Waals surface area contributed by atoms with Gasteiger partial charge in [0.2, 0.25) is 0 Å². The Morgan fingerprint density at radius 1 is 0.630 bits per heavy atom. The van der Waals surface area contributed by atoms with Crippen LogP contribution in [0.4, 0.5) is 0 Å². The molecule has 0 atom stereocenters. The van der Waals surface area contributed by atoms with Crippen LogP contribution in [0.15, 0.2) is 90.5 Å². The number of allylic oxidation sites excluding steroid dienone is 1. The van der Waals surface area contributed by atoms with Crippen molar-refractivity contribution in [1.29, 1.82) is 0 Å². The van der Waals surface area contributed by atoms with Crippen LogP contribution in [0.5, 0.6) is 0 Å². The van der Waals surface area contributed by atoms with Crippen LogP contribution in [0, 0.1) is 0 Å². The average molecular weight is 367 g/mol. The van der Waals surface area contributed by atoms with E-state index in [1.807, 2.05) is 0 Å². The van der Waals surface area contributed by atoms with Gasteiger partial charge in [0.05, 0.1) is 0 Å². The highest BCUT2D eigenvalue weighted by atomic mass is 28.3. The van der Waals surface area contributed by atoms with Crippen molar-refractivity contribution in [3.05, 3.63) is 96.1 Å². The van der Waals surface area contributed by atoms with E-state index in [2.05, 4.69) is 112 Å². The largest absolute Gasteiger partial charge is 0.112 e. The second-order valence-corrected chi connectivity index (χ2v) is 12.4. The molecule has 0 nitrogen and oxygen atoms in total. The van der Waals surface area contributed by atoms with Gasteiger partial charge in [0.1, 0.15) is 8.07 Å². The maximum Gasteiger partial charge on any atom is 0.112 e. The van der Waals surface area contributed by atoms with Crippen LogP contribution in [0.25, 0.3) is 26.7 Å². The quantitative estimate of drug-likeness (QED) is 0.272. The van der Waals surface area contributed by atoms with Gasteiger partial charge in [-0.25, -0.2) is 0 Å². The molecule has 0 aromatic heterocycles. The molecule has 0 N–H and O–H groups in total. The zero-order chi connectivity index (χ0) is 19.0. The van der Waals surface area contributed by atoms with E-state index in [0.29, 0.717) is 0 Å². The SMILES string of the molecule is CC(C)=C(c1cc2ccccc2c2ccccc12)[Si](C)(C)c1ccccc1. The van der Waals surface area contributed by atoms with Gasteiger partial charge in [-0.05, 0) is 52.2 Å². The Labute approximate surface area is 163 Å². The molecule has 0 bridgehead atoms. The third-order valence-electron chi connectivity index (χ3n) is 5.66. The van der Waals surface area contributed by atoms with Crippen molar-refractivity contribution in [3.63, 3.8) is 0 Å². The first kappa shape index (κ1) is 17.8. The van der Waals surface area contributed by atoms with Crippen molar-refractivity contribution in [3.8, 4) is 0 Å². The predicted octanol–water partition coefficient (Wildman–Crippen LogP) is 6.94. The van der Waals surface area contributed by atoms with Gasteiger partial charge in [0, 0.05) is 0 Å². The highest BCUT2D eigenvalue weighted by molar-refractivity contribution is 7.04. The summed E-state index contributed by atoms with van der Waals surface area (Å²) in [5.74, 6) is 0. The number of fused-ring (bicyclic) bond motifs is 3. The molecule has 1 heteroatoms. The van der Waals surface area contributed by atoms with Gasteiger partial charge in [0.15, 0.2) is 0 Å². The first-order chi connectivity index (χ1) is 13.0. The van der Waals surface area contributed by atoms with Gasteiger partial charge in [-0.3, -0.25) is 0 Å². The molecular formula is C26H26Si. The third kappa shape index (κ3) is 3.02. The Bertz CT molecular complexity index is 1150. The van der Waals surface area contributed by atoms with Gasteiger partial charge in [-0.1, -0.05) is 103 Å². The number of hydrogen-bond acceptors (Lipinski definition) is 0. The Kier molecular flexibility index (Phi) is 4.49. The van der Waals surface area contributed by atoms with Crippen LogP contribution in [-0.2, 0) is 0 Å². The summed E-state index contributed by atoms with van der Waals surface area (Å²) < 4.78 is 0. The fraction of sp³-hybridized carbons (Fsp3) is 0.154. The Morgan fingerprint density at radius 3 is 1.85 bits per heavy atom. The van der Waals surface area contributed by atoms with Crippen LogP contribution < -0.4 is 5.19 Å². The van der Waals surface area contributed by atoms with Crippen LogP contribution in [0.3, 0.4) is 0 Å². The number of hydrogen-bond donors (Lipinski definition) is 0. The van der Waals surface area contributed by atoms with E-state index < -0.39 is 8.07 Å². The molecule has 0 aliphatic heterocycles. The smallest absolute Gasteiger partial charge is 0.0761 e. The summed E-state index contributed by atoms with van der Waals surface area (Å²) in [7, 11) is -1.84. The molecule has 27 heavy (non-hydrogen) atoms. The van der Waals surface area contributed by atoms with Crippen molar-refractivity contribution in [2.45, 2.75) is 26.9 Å². The van der Waals surface area contributed by atoms with Crippen molar-refractivity contribution in [2.75, 3.05) is 0 Å². The summed E-state index contributed by atoms with van der Waals surface area (Å²) in [6.07, 6.45) is 0. The van der Waals surface area contributed by atoms with E-state index in [9.17, 15) is 0 Å². The molecular weight excluding hydrogens is 340 g/mol. The summed E-state index contributed by atoms with van der Waals surface area (Å²) in [6.45, 7) is 9.51. The number of rotatable bonds is 3. The summed E-state index contributed by atoms with van der Waals surface area (Å²) in [5, 5.41) is 8.41. The molecule has 4 aromatic rings. The van der Waals surface area contributed by atoms with E-state index in [1.165, 1.54) is 37.9 Å². The molecule has 0 saturated carbocycles. The molecule has 0 amide bonds. The minimum Gasteiger partial charge on any atom is -0.0761 e. The van der Waals surface area contributed by atoms with Gasteiger partial charge >= 0.3 is 0 Å². The van der Waals surface area contributed by atoms with Gasteiger partial charge in [0.25, 0.3) is 0 Å². The molecule has 0 fully saturated rings. The Balaban J connectivity index is 2.08. The molecule has 4 aromatic carbocycles. The van der Waals surface area contributed by atoms with Crippen LogP contribution in [-0.4, -0.2) is 8.07 Å². The monoisotopic (exact) mass is 366 g/mol. The second kappa shape index (κ2) is 6.83. The fourth-order valence-corrected chi connectivity index (χ4v) is 7.94. The number of benzene rings is 4. The molecule has 134 valence electrons. The van der Waals surface area contributed by atoms with Crippen molar-refractivity contribution in [2.24, 2.45) is 0 Å². The first-order valence-electron chi connectivity index (χ1n) is 9.64. The zero-order valence-electron chi connectivity index (χ0n) is 16.6. The van der Waals surface area contributed by atoms with E-state index in [4.69, 9.17) is 0 Å². The summed E-state index contributed by atoms with van der Waals surface area (Å²) in [6, 6.07) is 31.1. The maximum absolute atomic E-state index is 2.48. The molecule has 0 unspecified atom stereocenters. The normalized spacial score (nSPS) is 11.7. The standard InChI is InChI=1S/C26H26Si/c1-19(2)26(27(3,4)21-13-6-5-7-14-21)25-18-20-12-8-9-15-22(20)23-16-10-11-17-24(23)25/h5-18H,1-4H3. The first-order valence-corrected chi connectivity index (χ1v) is 12.6. The minimum absolute atomic E-state index is 1.32. The third-order valence-corrected chi connectivity index (χ3v) is 9.45. The summed E-state index contributed by atoms with van der Waals surface area (Å²) in [4.78, 5) is 0. The lowest BCUT2D eigenvalue weighted by molar-refractivity contribution is 1.40. The minimum atomic E-state index is -1.84. The van der Waals surface area contributed by atoms with Crippen molar-refractivity contribution < 1.29 is 0 Å². The van der Waals surface area contributed by atoms with Crippen LogP contribution in [0.2, 0.25) is 13.1 Å². The van der Waals surface area contributed by atoms with E-state index >= 15 is 0 Å². The highest BCUT2D eigenvalue weighted by Gasteiger charge is 2.31. The van der Waals surface area contributed by atoms with E-state index in [1.54, 1.807) is 5.20 Å². The lowest BCUT2D eigenvalue weighted by Gasteiger charge is -2.30. The maximum atomic E-state index is 2.48. The Hall–Kier alpha value is -2.64. The molecule has 0 saturated heterocycles. The molecule has 0 aliphatic rings. The van der Waals surface area contributed by atoms with Crippen LogP contribution >= 0.6 is 0 Å². The lowest BCUT2D eigenvalue weighted by atomic mass is 9.96. The molecule has 0 radical (unpaired) electrons. The molecule has 0 aliphatic carbocycles. The van der Waals surface area contributed by atoms with Crippen LogP contribution in [0.1, 0.15) is 19.4 Å². The van der Waals surface area contributed by atoms with E-state index in [-0.39, 0.29) is 0 Å². The highest BCUT2D eigenvalue weighted by Crippen LogP contribution is 2.37. The summed E-state index contributed by atoms with van der Waals surface area (Å²) >= 11 is 0. The Morgan fingerprint density at radius 2 is 1.19 bits per heavy atom. The molecule has 0 heterocycles. The fourth-order valence-electron chi connectivity index (χ4n) is 4.49. The van der Waals surface area contributed by atoms with Gasteiger partial charge in [-0.15, -0.1) is 0 Å². The molecule has 4 rings (SSSR count). The zero-order valence-corrected chi connectivity index (χ0v) is 17.6. The van der Waals surface area contributed by atoms with Crippen molar-refractivity contribution >= 4 is 40.0 Å². The van der Waals surface area contributed by atoms with Crippen molar-refractivity contribution in [1.82, 2.24) is 0 Å².